The molecule has 0 radical (unpaired) electrons. The van der Waals surface area contributed by atoms with Gasteiger partial charge >= 0.3 is 0 Å². The van der Waals surface area contributed by atoms with E-state index in [2.05, 4.69) is 83.1 Å². The molecule has 0 heterocycles. The van der Waals surface area contributed by atoms with Gasteiger partial charge in [0, 0.05) is 0 Å². The van der Waals surface area contributed by atoms with Crippen LogP contribution >= 0.6 is 0 Å². The maximum Gasteiger partial charge on any atom is -0.0383 e. The highest BCUT2D eigenvalue weighted by molar-refractivity contribution is 4.58. The average molecular weight is 259 g/mol. The van der Waals surface area contributed by atoms with E-state index in [1.165, 1.54) is 19.3 Å². The lowest BCUT2D eigenvalue weighted by Crippen LogP contribution is -2.02. The van der Waals surface area contributed by atoms with E-state index in [0.29, 0.717) is 16.2 Å². The molecule has 0 spiro atoms. The summed E-state index contributed by atoms with van der Waals surface area (Å²) >= 11 is 0. The molecule has 0 amide bonds. The first-order valence-corrected chi connectivity index (χ1v) is 7.62. The molecule has 18 heavy (non-hydrogen) atoms. The number of hydrogen-bond donors (Lipinski definition) is 0. The maximum absolute atomic E-state index is 2.27. The van der Waals surface area contributed by atoms with Gasteiger partial charge in [0.15, 0.2) is 0 Å². The SMILES string of the molecule is CC(C)(C)C.CCC(C)(C)C.CCCC(C)(C)C. The van der Waals surface area contributed by atoms with Crippen LogP contribution in [0.3, 0.4) is 0 Å². The molecule has 0 rings (SSSR count). The molecule has 0 aromatic rings. The Balaban J connectivity index is -0.000000190. The molecule has 0 heteroatoms. The summed E-state index contributed by atoms with van der Waals surface area (Å²) in [6.45, 7) is 26.7. The third kappa shape index (κ3) is 73.5. The lowest BCUT2D eigenvalue weighted by Gasteiger charge is -2.15. The van der Waals surface area contributed by atoms with Gasteiger partial charge in [0.1, 0.15) is 0 Å². The summed E-state index contributed by atoms with van der Waals surface area (Å²) in [5.74, 6) is 0. The Morgan fingerprint density at radius 1 is 0.556 bits per heavy atom. The zero-order valence-corrected chi connectivity index (χ0v) is 15.6. The van der Waals surface area contributed by atoms with Crippen molar-refractivity contribution in [1.29, 1.82) is 0 Å². The van der Waals surface area contributed by atoms with Crippen molar-refractivity contribution in [2.24, 2.45) is 16.2 Å². The number of rotatable bonds is 1. The van der Waals surface area contributed by atoms with Gasteiger partial charge in [0.2, 0.25) is 0 Å². The fourth-order valence-corrected chi connectivity index (χ4v) is 0.750. The topological polar surface area (TPSA) is 0 Å². The molecular formula is C18H42. The highest BCUT2D eigenvalue weighted by atomic mass is 14.1. The summed E-state index contributed by atoms with van der Waals surface area (Å²) in [4.78, 5) is 0. The van der Waals surface area contributed by atoms with Crippen molar-refractivity contribution in [3.05, 3.63) is 0 Å². The second kappa shape index (κ2) is 9.87. The summed E-state index contributed by atoms with van der Waals surface area (Å²) in [5, 5.41) is 0. The molecule has 0 unspecified atom stereocenters. The van der Waals surface area contributed by atoms with Gasteiger partial charge in [-0.1, -0.05) is 95.9 Å². The Kier molecular flexibility index (Phi) is 12.7. The van der Waals surface area contributed by atoms with Gasteiger partial charge in [-0.05, 0) is 22.7 Å². The van der Waals surface area contributed by atoms with Crippen molar-refractivity contribution in [1.82, 2.24) is 0 Å². The van der Waals surface area contributed by atoms with Crippen molar-refractivity contribution >= 4 is 0 Å². The smallest absolute Gasteiger partial charge is 0.0383 e. The fourth-order valence-electron chi connectivity index (χ4n) is 0.750. The van der Waals surface area contributed by atoms with Crippen molar-refractivity contribution in [3.8, 4) is 0 Å². The van der Waals surface area contributed by atoms with E-state index in [4.69, 9.17) is 0 Å². The van der Waals surface area contributed by atoms with Crippen LogP contribution in [0.15, 0.2) is 0 Å². The third-order valence-corrected chi connectivity index (χ3v) is 2.06. The Labute approximate surface area is 119 Å². The van der Waals surface area contributed by atoms with Crippen LogP contribution in [0.4, 0.5) is 0 Å². The standard InChI is InChI=1S/C7H16.C6H14.C5H12/c1-5-6-7(2,3)4;1-5-6(2,3)4;1-5(2,3)4/h5-6H2,1-4H3;5H2,1-4H3;1-4H3. The average Bonchev–Trinajstić information content (AvgIpc) is 1.98. The molecule has 0 aliphatic carbocycles. The van der Waals surface area contributed by atoms with Crippen LogP contribution in [0.1, 0.15) is 102 Å². The molecule has 0 aromatic heterocycles. The monoisotopic (exact) mass is 258 g/mol. The summed E-state index contributed by atoms with van der Waals surface area (Å²) < 4.78 is 0. The predicted molar refractivity (Wildman–Crippen MR) is 89.2 cm³/mol. The molecule has 0 aromatic carbocycles. The zero-order chi connectivity index (χ0) is 15.6. The van der Waals surface area contributed by atoms with Crippen molar-refractivity contribution in [3.63, 3.8) is 0 Å². The van der Waals surface area contributed by atoms with E-state index in [1.54, 1.807) is 0 Å². The third-order valence-electron chi connectivity index (χ3n) is 2.06. The predicted octanol–water partition coefficient (Wildman–Crippen LogP) is 7.33. The largest absolute Gasteiger partial charge is 0.0654 e. The molecule has 0 nitrogen and oxygen atoms in total. The Bertz CT molecular complexity index is 150. The van der Waals surface area contributed by atoms with Crippen LogP contribution < -0.4 is 0 Å². The minimum atomic E-state index is 0.500. The summed E-state index contributed by atoms with van der Waals surface area (Å²) in [5.41, 5.74) is 1.59. The van der Waals surface area contributed by atoms with Crippen LogP contribution in [0, 0.1) is 16.2 Å². The summed E-state index contributed by atoms with van der Waals surface area (Å²) in [7, 11) is 0. The molecule has 114 valence electrons. The van der Waals surface area contributed by atoms with E-state index >= 15 is 0 Å². The zero-order valence-electron chi connectivity index (χ0n) is 15.6. The lowest BCUT2D eigenvalue weighted by atomic mass is 9.91. The fraction of sp³-hybridized carbons (Fsp3) is 1.00. The quantitative estimate of drug-likeness (QED) is 0.462. The molecule has 0 saturated heterocycles. The Morgan fingerprint density at radius 3 is 0.778 bits per heavy atom. The van der Waals surface area contributed by atoms with Crippen LogP contribution in [0.2, 0.25) is 0 Å². The lowest BCUT2D eigenvalue weighted by molar-refractivity contribution is 0.373. The summed E-state index contributed by atoms with van der Waals surface area (Å²) in [6.07, 6.45) is 3.92. The van der Waals surface area contributed by atoms with E-state index in [9.17, 15) is 0 Å². The number of hydrogen-bond acceptors (Lipinski definition) is 0. The van der Waals surface area contributed by atoms with Crippen LogP contribution in [0.5, 0.6) is 0 Å². The minimum Gasteiger partial charge on any atom is -0.0654 e. The van der Waals surface area contributed by atoms with Gasteiger partial charge in [-0.15, -0.1) is 0 Å². The molecule has 0 aliphatic rings. The molecule has 0 fully saturated rings. The van der Waals surface area contributed by atoms with Gasteiger partial charge in [-0.3, -0.25) is 0 Å². The first kappa shape index (κ1) is 23.1. The van der Waals surface area contributed by atoms with E-state index in [0.717, 1.165) is 0 Å². The highest BCUT2D eigenvalue weighted by Gasteiger charge is 2.06. The van der Waals surface area contributed by atoms with Crippen molar-refractivity contribution < 1.29 is 0 Å². The molecule has 0 bridgehead atoms. The normalized spacial score (nSPS) is 12.0. The summed E-state index contributed by atoms with van der Waals surface area (Å²) in [6, 6.07) is 0. The molecule has 0 saturated carbocycles. The van der Waals surface area contributed by atoms with Crippen molar-refractivity contribution in [2.75, 3.05) is 0 Å². The first-order valence-electron chi connectivity index (χ1n) is 7.62. The van der Waals surface area contributed by atoms with Crippen LogP contribution in [0.25, 0.3) is 0 Å². The molecule has 0 aliphatic heterocycles. The van der Waals surface area contributed by atoms with Crippen LogP contribution in [-0.2, 0) is 0 Å². The maximum atomic E-state index is 2.27. The van der Waals surface area contributed by atoms with Gasteiger partial charge < -0.3 is 0 Å². The second-order valence-electron chi connectivity index (χ2n) is 9.22. The molecular weight excluding hydrogens is 216 g/mol. The van der Waals surface area contributed by atoms with Gasteiger partial charge in [-0.2, -0.15) is 0 Å². The molecule has 0 N–H and O–H groups in total. The second-order valence-corrected chi connectivity index (χ2v) is 9.22. The van der Waals surface area contributed by atoms with Crippen molar-refractivity contribution in [2.45, 2.75) is 102 Å². The highest BCUT2D eigenvalue weighted by Crippen LogP contribution is 2.19. The van der Waals surface area contributed by atoms with Gasteiger partial charge in [0.25, 0.3) is 0 Å². The first-order chi connectivity index (χ1) is 7.62. The van der Waals surface area contributed by atoms with E-state index < -0.39 is 0 Å². The van der Waals surface area contributed by atoms with Gasteiger partial charge in [0.05, 0.1) is 0 Å². The van der Waals surface area contributed by atoms with Gasteiger partial charge in [-0.25, -0.2) is 0 Å². The van der Waals surface area contributed by atoms with E-state index in [1.807, 2.05) is 0 Å². The Morgan fingerprint density at radius 2 is 0.778 bits per heavy atom. The van der Waals surface area contributed by atoms with Crippen LogP contribution in [-0.4, -0.2) is 0 Å². The Hall–Kier alpha value is 0. The molecule has 0 atom stereocenters. The van der Waals surface area contributed by atoms with E-state index in [-0.39, 0.29) is 0 Å². The minimum absolute atomic E-state index is 0.500.